The molecular formula is C22H33N3O5. The number of aromatic nitrogens is 2. The fraction of sp³-hybridized carbons (Fsp3) is 0.682. The fourth-order valence-corrected chi connectivity index (χ4v) is 3.66. The van der Waals surface area contributed by atoms with Crippen molar-refractivity contribution in [2.75, 3.05) is 0 Å². The van der Waals surface area contributed by atoms with Crippen LogP contribution in [0.4, 0.5) is 5.82 Å². The van der Waals surface area contributed by atoms with E-state index in [0.717, 1.165) is 44.9 Å². The molecule has 0 saturated carbocycles. The van der Waals surface area contributed by atoms with Crippen LogP contribution in [0.5, 0.6) is 0 Å². The molecule has 0 aliphatic carbocycles. The van der Waals surface area contributed by atoms with Gasteiger partial charge in [0.15, 0.2) is 0 Å². The molecule has 2 heterocycles. The molecule has 0 fully saturated rings. The second-order valence-corrected chi connectivity index (χ2v) is 8.97. The number of ketones is 1. The maximum atomic E-state index is 12.2. The molecule has 166 valence electrons. The molecule has 0 aromatic carbocycles. The molecule has 2 aromatic rings. The van der Waals surface area contributed by atoms with Crippen LogP contribution in [0, 0.1) is 4.91 Å². The minimum Gasteiger partial charge on any atom is -0.383 e. The zero-order valence-electron chi connectivity index (χ0n) is 18.5. The summed E-state index contributed by atoms with van der Waals surface area (Å²) in [6.45, 7) is 8.22. The zero-order valence-corrected chi connectivity index (χ0v) is 18.5. The second-order valence-electron chi connectivity index (χ2n) is 8.97. The van der Waals surface area contributed by atoms with Gasteiger partial charge in [-0.25, -0.2) is 0 Å². The lowest BCUT2D eigenvalue weighted by Crippen LogP contribution is -2.20. The van der Waals surface area contributed by atoms with E-state index in [0.29, 0.717) is 24.4 Å². The Morgan fingerprint density at radius 1 is 1.07 bits per heavy atom. The van der Waals surface area contributed by atoms with Crippen molar-refractivity contribution in [2.45, 2.75) is 96.3 Å². The first-order valence-electron chi connectivity index (χ1n) is 10.7. The van der Waals surface area contributed by atoms with E-state index in [1.165, 1.54) is 6.07 Å². The van der Waals surface area contributed by atoms with Gasteiger partial charge in [-0.3, -0.25) is 9.59 Å². The Morgan fingerprint density at radius 3 is 2.27 bits per heavy atom. The number of nitrogens with one attached hydrogen (secondary N) is 1. The lowest BCUT2D eigenvalue weighted by Gasteiger charge is -2.24. The lowest BCUT2D eigenvalue weighted by atomic mass is 9.79. The number of H-pyrrole nitrogens is 1. The summed E-state index contributed by atoms with van der Waals surface area (Å²) in [5, 5.41) is 8.79. The van der Waals surface area contributed by atoms with Crippen LogP contribution in [0.1, 0.15) is 97.0 Å². The molecule has 0 amide bonds. The van der Waals surface area contributed by atoms with Crippen molar-refractivity contribution in [1.82, 2.24) is 10.3 Å². The molecule has 30 heavy (non-hydrogen) atoms. The smallest absolute Gasteiger partial charge is 0.280 e. The summed E-state index contributed by atoms with van der Waals surface area (Å²) in [5.74, 6) is 1.68. The molecule has 0 aliphatic rings. The predicted octanol–water partition coefficient (Wildman–Crippen LogP) is 5.69. The van der Waals surface area contributed by atoms with E-state index in [4.69, 9.17) is 9.05 Å². The normalized spacial score (nSPS) is 13.9. The molecule has 1 atom stereocenters. The molecule has 0 bridgehead atoms. The van der Waals surface area contributed by atoms with Crippen molar-refractivity contribution >= 4 is 11.6 Å². The van der Waals surface area contributed by atoms with Gasteiger partial charge in [0.25, 0.3) is 5.56 Å². The Morgan fingerprint density at radius 2 is 1.73 bits per heavy atom. The first-order chi connectivity index (χ1) is 14.2. The first kappa shape index (κ1) is 23.8. The zero-order chi connectivity index (χ0) is 22.2. The van der Waals surface area contributed by atoms with Crippen LogP contribution >= 0.6 is 0 Å². The van der Waals surface area contributed by atoms with E-state index < -0.39 is 0 Å². The van der Waals surface area contributed by atoms with Crippen molar-refractivity contribution < 1.29 is 13.8 Å². The molecule has 0 saturated heterocycles. The van der Waals surface area contributed by atoms with Gasteiger partial charge in [-0.05, 0) is 37.3 Å². The molecule has 2 rings (SSSR count). The number of rotatable bonds is 14. The maximum absolute atomic E-state index is 12.2. The van der Waals surface area contributed by atoms with Crippen molar-refractivity contribution in [2.24, 2.45) is 5.18 Å². The molecular weight excluding hydrogens is 386 g/mol. The molecule has 8 nitrogen and oxygen atoms in total. The Bertz CT molecular complexity index is 879. The van der Waals surface area contributed by atoms with E-state index in [-0.39, 0.29) is 28.0 Å². The van der Waals surface area contributed by atoms with Gasteiger partial charge >= 0.3 is 0 Å². The van der Waals surface area contributed by atoms with Crippen LogP contribution in [0.25, 0.3) is 0 Å². The molecule has 1 unspecified atom stereocenters. The highest BCUT2D eigenvalue weighted by molar-refractivity contribution is 5.78. The fourth-order valence-electron chi connectivity index (χ4n) is 3.66. The van der Waals surface area contributed by atoms with E-state index in [9.17, 15) is 14.5 Å². The SMILES string of the molecule is CCC(C)(CCCCC(=O)CCCCC(C)(C)c1cc(=O)[nH]o1)c1cc(N=O)no1. The van der Waals surface area contributed by atoms with E-state index in [1.54, 1.807) is 6.07 Å². The Kier molecular flexibility index (Phi) is 8.32. The topological polar surface area (TPSA) is 119 Å². The van der Waals surface area contributed by atoms with Gasteiger partial charge in [0.05, 0.1) is 0 Å². The average molecular weight is 420 g/mol. The number of Topliss-reactive ketones (excluding diaryl/α,β-unsaturated/α-hetero) is 1. The molecule has 8 heteroatoms. The predicted molar refractivity (Wildman–Crippen MR) is 114 cm³/mol. The summed E-state index contributed by atoms with van der Waals surface area (Å²) in [4.78, 5) is 34.0. The molecule has 0 radical (unpaired) electrons. The molecule has 2 aromatic heterocycles. The second kappa shape index (κ2) is 10.5. The monoisotopic (exact) mass is 419 g/mol. The standard InChI is InChI=1S/C22H33N3O5/c1-5-22(4,18-14-19(23-28)24-30-18)13-9-7-11-16(26)10-6-8-12-21(2,3)17-15-20(27)25-29-17/h14-15H,5-13H2,1-4H3,(H,25,27). The third kappa shape index (κ3) is 6.50. The Labute approximate surface area is 176 Å². The Hall–Kier alpha value is -2.51. The molecule has 1 N–H and O–H groups in total. The van der Waals surface area contributed by atoms with Gasteiger partial charge in [-0.2, -0.15) is 5.16 Å². The summed E-state index contributed by atoms with van der Waals surface area (Å²) >= 11 is 0. The van der Waals surface area contributed by atoms with Gasteiger partial charge < -0.3 is 9.05 Å². The lowest BCUT2D eigenvalue weighted by molar-refractivity contribution is -0.119. The van der Waals surface area contributed by atoms with Crippen LogP contribution in [-0.2, 0) is 15.6 Å². The highest BCUT2D eigenvalue weighted by Gasteiger charge is 2.29. The summed E-state index contributed by atoms with van der Waals surface area (Å²) in [6.07, 6.45) is 7.20. The van der Waals surface area contributed by atoms with Crippen LogP contribution < -0.4 is 5.56 Å². The van der Waals surface area contributed by atoms with Crippen LogP contribution in [0.2, 0.25) is 0 Å². The van der Waals surface area contributed by atoms with Gasteiger partial charge in [0.1, 0.15) is 17.3 Å². The quantitative estimate of drug-likeness (QED) is 0.310. The molecule has 0 spiro atoms. The number of aromatic amines is 1. The van der Waals surface area contributed by atoms with Crippen molar-refractivity contribution in [1.29, 1.82) is 0 Å². The minimum atomic E-state index is -0.229. The summed E-state index contributed by atoms with van der Waals surface area (Å²) in [6, 6.07) is 3.09. The van der Waals surface area contributed by atoms with E-state index in [2.05, 4.69) is 29.3 Å². The highest BCUT2D eigenvalue weighted by Crippen LogP contribution is 2.35. The van der Waals surface area contributed by atoms with Crippen LogP contribution in [-0.4, -0.2) is 16.1 Å². The van der Waals surface area contributed by atoms with Crippen molar-refractivity contribution in [3.63, 3.8) is 0 Å². The summed E-state index contributed by atoms with van der Waals surface area (Å²) < 4.78 is 10.5. The van der Waals surface area contributed by atoms with Gasteiger partial charge in [0, 0.05) is 35.8 Å². The van der Waals surface area contributed by atoms with Crippen molar-refractivity contribution in [3.8, 4) is 0 Å². The number of carbonyl (C=O) groups is 1. The number of nitroso groups, excluding NO2 is 1. The number of hydrogen-bond acceptors (Lipinski definition) is 7. The number of hydrogen-bond donors (Lipinski definition) is 1. The number of carbonyl (C=O) groups excluding carboxylic acids is 1. The van der Waals surface area contributed by atoms with Gasteiger partial charge in [-0.1, -0.05) is 45.7 Å². The summed E-state index contributed by atoms with van der Waals surface area (Å²) in [7, 11) is 0. The Balaban J connectivity index is 1.66. The van der Waals surface area contributed by atoms with E-state index in [1.807, 2.05) is 13.8 Å². The average Bonchev–Trinajstić information content (AvgIpc) is 3.38. The molecule has 0 aliphatic heterocycles. The van der Waals surface area contributed by atoms with Crippen molar-refractivity contribution in [3.05, 3.63) is 38.9 Å². The van der Waals surface area contributed by atoms with Gasteiger partial charge in [0.2, 0.25) is 5.82 Å². The van der Waals surface area contributed by atoms with E-state index >= 15 is 0 Å². The largest absolute Gasteiger partial charge is 0.383 e. The van der Waals surface area contributed by atoms with Crippen LogP contribution in [0.3, 0.4) is 0 Å². The highest BCUT2D eigenvalue weighted by atomic mass is 16.5. The number of unbranched alkanes of at least 4 members (excludes halogenated alkanes) is 2. The third-order valence-corrected chi connectivity index (χ3v) is 6.10. The first-order valence-corrected chi connectivity index (χ1v) is 10.7. The summed E-state index contributed by atoms with van der Waals surface area (Å²) in [5.41, 5.74) is -0.665. The third-order valence-electron chi connectivity index (χ3n) is 6.10. The minimum absolute atomic E-state index is 0.0710. The number of nitrogens with zero attached hydrogens (tertiary/aromatic N) is 2. The van der Waals surface area contributed by atoms with Gasteiger partial charge in [-0.15, -0.1) is 4.91 Å². The van der Waals surface area contributed by atoms with Crippen LogP contribution in [0.15, 0.2) is 31.2 Å². The maximum Gasteiger partial charge on any atom is 0.280 e.